The topological polar surface area (TPSA) is 25.2 Å². The van der Waals surface area contributed by atoms with E-state index in [9.17, 15) is 4.79 Å². The third-order valence-corrected chi connectivity index (χ3v) is 5.03. The first kappa shape index (κ1) is 15.2. The summed E-state index contributed by atoms with van der Waals surface area (Å²) >= 11 is 3.50. The highest BCUT2D eigenvalue weighted by Gasteiger charge is 2.31. The molecule has 1 aliphatic heterocycles. The summed E-state index contributed by atoms with van der Waals surface area (Å²) in [6, 6.07) is 18.3. The lowest BCUT2D eigenvalue weighted by molar-refractivity contribution is 0.0676. The van der Waals surface area contributed by atoms with Crippen LogP contribution in [0.25, 0.3) is 10.9 Å². The van der Waals surface area contributed by atoms with Crippen molar-refractivity contribution in [1.82, 2.24) is 9.47 Å². The zero-order chi connectivity index (χ0) is 16.7. The van der Waals surface area contributed by atoms with Gasteiger partial charge in [-0.3, -0.25) is 4.79 Å². The van der Waals surface area contributed by atoms with Crippen molar-refractivity contribution in [2.45, 2.75) is 12.6 Å². The smallest absolute Gasteiger partial charge is 0.270 e. The molecule has 1 atom stereocenters. The number of hydrogen-bond donors (Lipinski definition) is 0. The van der Waals surface area contributed by atoms with Crippen LogP contribution < -0.4 is 0 Å². The van der Waals surface area contributed by atoms with E-state index < -0.39 is 0 Å². The minimum absolute atomic E-state index is 0.0734. The van der Waals surface area contributed by atoms with Crippen molar-refractivity contribution in [1.29, 1.82) is 0 Å². The van der Waals surface area contributed by atoms with Crippen LogP contribution in [0.2, 0.25) is 0 Å². The van der Waals surface area contributed by atoms with E-state index in [0.29, 0.717) is 13.1 Å². The van der Waals surface area contributed by atoms with Gasteiger partial charge in [0.2, 0.25) is 0 Å². The van der Waals surface area contributed by atoms with E-state index in [1.165, 1.54) is 0 Å². The zero-order valence-corrected chi connectivity index (χ0v) is 14.7. The molecule has 0 radical (unpaired) electrons. The lowest BCUT2D eigenvalue weighted by Crippen LogP contribution is -2.41. The number of rotatable bonds is 3. The number of carbonyl (C=O) groups excluding carboxylic acids is 1. The molecule has 0 unspecified atom stereocenters. The summed E-state index contributed by atoms with van der Waals surface area (Å²) < 4.78 is 3.13. The first-order valence-corrected chi connectivity index (χ1v) is 8.73. The number of hydrogen-bond acceptors (Lipinski definition) is 1. The molecule has 4 heteroatoms. The molecule has 0 fully saturated rings. The largest absolute Gasteiger partial charge is 0.331 e. The number of carbonyl (C=O) groups is 1. The Hall–Kier alpha value is -2.33. The molecule has 3 aromatic rings. The van der Waals surface area contributed by atoms with Crippen LogP contribution in [0, 0.1) is 0 Å². The molecule has 2 heterocycles. The first-order valence-electron chi connectivity index (χ1n) is 7.93. The molecule has 0 N–H and O–H groups in total. The predicted octanol–water partition coefficient (Wildman–Crippen LogP) is 4.79. The molecule has 3 nitrogen and oxygen atoms in total. The molecule has 0 saturated carbocycles. The quantitative estimate of drug-likeness (QED) is 0.599. The SMILES string of the molecule is C=C[C@H]1CN(Cc2ccccc2)C(=O)c2cc3cc(Br)ccc3n21. The molecule has 0 saturated heterocycles. The summed E-state index contributed by atoms with van der Waals surface area (Å²) in [5.74, 6) is 0.0734. The van der Waals surface area contributed by atoms with Crippen LogP contribution in [0.3, 0.4) is 0 Å². The molecule has 0 bridgehead atoms. The van der Waals surface area contributed by atoms with Gasteiger partial charge in [-0.05, 0) is 29.8 Å². The van der Waals surface area contributed by atoms with Gasteiger partial charge in [-0.1, -0.05) is 52.3 Å². The van der Waals surface area contributed by atoms with Crippen LogP contribution in [-0.4, -0.2) is 21.9 Å². The summed E-state index contributed by atoms with van der Waals surface area (Å²) in [4.78, 5) is 14.9. The fourth-order valence-electron chi connectivity index (χ4n) is 3.40. The number of benzene rings is 2. The second kappa shape index (κ2) is 5.95. The van der Waals surface area contributed by atoms with Crippen LogP contribution in [-0.2, 0) is 6.54 Å². The summed E-state index contributed by atoms with van der Waals surface area (Å²) in [5, 5.41) is 1.07. The van der Waals surface area contributed by atoms with Gasteiger partial charge in [0.05, 0.1) is 6.04 Å². The third kappa shape index (κ3) is 2.47. The Morgan fingerprint density at radius 2 is 1.96 bits per heavy atom. The highest BCUT2D eigenvalue weighted by Crippen LogP contribution is 2.32. The maximum absolute atomic E-state index is 13.0. The van der Waals surface area contributed by atoms with Crippen molar-refractivity contribution >= 4 is 32.7 Å². The normalized spacial score (nSPS) is 17.1. The molecule has 0 spiro atoms. The van der Waals surface area contributed by atoms with Gasteiger partial charge in [-0.2, -0.15) is 0 Å². The van der Waals surface area contributed by atoms with Crippen molar-refractivity contribution < 1.29 is 4.79 Å². The van der Waals surface area contributed by atoms with E-state index in [1.54, 1.807) is 0 Å². The first-order chi connectivity index (χ1) is 11.7. The Kier molecular flexibility index (Phi) is 3.77. The Morgan fingerprint density at radius 1 is 1.17 bits per heavy atom. The maximum Gasteiger partial charge on any atom is 0.270 e. The van der Waals surface area contributed by atoms with Crippen molar-refractivity contribution in [3.63, 3.8) is 0 Å². The number of amides is 1. The minimum atomic E-state index is 0.0734. The van der Waals surface area contributed by atoms with Crippen LogP contribution in [0.1, 0.15) is 22.1 Å². The summed E-state index contributed by atoms with van der Waals surface area (Å²) in [6.07, 6.45) is 1.93. The van der Waals surface area contributed by atoms with Gasteiger partial charge in [-0.25, -0.2) is 0 Å². The molecular weight excluding hydrogens is 364 g/mol. The molecular formula is C20H17BrN2O. The van der Waals surface area contributed by atoms with Gasteiger partial charge in [0.25, 0.3) is 5.91 Å². The van der Waals surface area contributed by atoms with E-state index in [-0.39, 0.29) is 11.9 Å². The maximum atomic E-state index is 13.0. The summed E-state index contributed by atoms with van der Waals surface area (Å²) in [5.41, 5.74) is 2.95. The van der Waals surface area contributed by atoms with Gasteiger partial charge >= 0.3 is 0 Å². The molecule has 1 amide bonds. The average Bonchev–Trinajstić information content (AvgIpc) is 2.97. The van der Waals surface area contributed by atoms with E-state index >= 15 is 0 Å². The standard InChI is InChI=1S/C20H17BrN2O/c1-2-17-13-22(12-14-6-4-3-5-7-14)20(24)19-11-15-10-16(21)8-9-18(15)23(17)19/h2-11,17H,1,12-13H2/t17-/m0/s1. The van der Waals surface area contributed by atoms with Crippen molar-refractivity contribution in [2.24, 2.45) is 0 Å². The number of aromatic nitrogens is 1. The number of halogens is 1. The van der Waals surface area contributed by atoms with Crippen LogP contribution in [0.4, 0.5) is 0 Å². The second-order valence-corrected chi connectivity index (χ2v) is 6.99. The highest BCUT2D eigenvalue weighted by atomic mass is 79.9. The Bertz CT molecular complexity index is 929. The predicted molar refractivity (Wildman–Crippen MR) is 100 cm³/mol. The van der Waals surface area contributed by atoms with Gasteiger partial charge in [0, 0.05) is 28.5 Å². The molecule has 2 aromatic carbocycles. The average molecular weight is 381 g/mol. The molecule has 24 heavy (non-hydrogen) atoms. The van der Waals surface area contributed by atoms with Crippen molar-refractivity contribution in [3.8, 4) is 0 Å². The van der Waals surface area contributed by atoms with E-state index in [4.69, 9.17) is 0 Å². The fraction of sp³-hybridized carbons (Fsp3) is 0.150. The second-order valence-electron chi connectivity index (χ2n) is 6.08. The Morgan fingerprint density at radius 3 is 2.71 bits per heavy atom. The lowest BCUT2D eigenvalue weighted by Gasteiger charge is -2.33. The lowest BCUT2D eigenvalue weighted by atomic mass is 10.1. The van der Waals surface area contributed by atoms with E-state index in [2.05, 4.69) is 51.3 Å². The molecule has 120 valence electrons. The molecule has 1 aliphatic rings. The Balaban J connectivity index is 1.78. The number of fused-ring (bicyclic) bond motifs is 3. The highest BCUT2D eigenvalue weighted by molar-refractivity contribution is 9.10. The summed E-state index contributed by atoms with van der Waals surface area (Å²) in [7, 11) is 0. The third-order valence-electron chi connectivity index (χ3n) is 4.53. The minimum Gasteiger partial charge on any atom is -0.331 e. The summed E-state index contributed by atoms with van der Waals surface area (Å²) in [6.45, 7) is 5.25. The fourth-order valence-corrected chi connectivity index (χ4v) is 3.78. The van der Waals surface area contributed by atoms with Gasteiger partial charge < -0.3 is 9.47 Å². The monoisotopic (exact) mass is 380 g/mol. The molecule has 4 rings (SSSR count). The Labute approximate surface area is 149 Å². The molecule has 1 aromatic heterocycles. The van der Waals surface area contributed by atoms with Gasteiger partial charge in [0.1, 0.15) is 5.69 Å². The van der Waals surface area contributed by atoms with Crippen LogP contribution >= 0.6 is 15.9 Å². The molecule has 0 aliphatic carbocycles. The van der Waals surface area contributed by atoms with Crippen LogP contribution in [0.5, 0.6) is 0 Å². The zero-order valence-electron chi connectivity index (χ0n) is 13.2. The van der Waals surface area contributed by atoms with Crippen LogP contribution in [0.15, 0.2) is 71.7 Å². The van der Waals surface area contributed by atoms with Gasteiger partial charge in [0.15, 0.2) is 0 Å². The van der Waals surface area contributed by atoms with Crippen molar-refractivity contribution in [2.75, 3.05) is 6.54 Å². The van der Waals surface area contributed by atoms with E-state index in [0.717, 1.165) is 26.6 Å². The van der Waals surface area contributed by atoms with E-state index in [1.807, 2.05) is 41.3 Å². The van der Waals surface area contributed by atoms with Gasteiger partial charge in [-0.15, -0.1) is 6.58 Å². The van der Waals surface area contributed by atoms with Crippen molar-refractivity contribution in [3.05, 3.63) is 83.0 Å². The number of nitrogens with zero attached hydrogens (tertiary/aromatic N) is 2.